The Hall–Kier alpha value is -4.72. The molecule has 0 radical (unpaired) electrons. The Morgan fingerprint density at radius 2 is 0.800 bits per heavy atom. The van der Waals surface area contributed by atoms with Crippen LogP contribution in [-0.4, -0.2) is 40.2 Å². The van der Waals surface area contributed by atoms with Crippen LogP contribution in [0.15, 0.2) is 72.8 Å². The molecule has 8 nitrogen and oxygen atoms in total. The van der Waals surface area contributed by atoms with E-state index in [1.807, 2.05) is 72.8 Å². The molecule has 2 heterocycles. The van der Waals surface area contributed by atoms with E-state index in [0.717, 1.165) is 33.2 Å². The van der Waals surface area contributed by atoms with Crippen molar-refractivity contribution in [3.8, 4) is 34.0 Å². The molecule has 2 N–H and O–H groups in total. The molecule has 6 aromatic rings. The van der Waals surface area contributed by atoms with Crippen molar-refractivity contribution in [1.82, 2.24) is 30.0 Å². The normalized spacial score (nSPS) is 12.4. The van der Waals surface area contributed by atoms with Gasteiger partial charge in [0.2, 0.25) is 0 Å². The number of hydrogen-bond acceptors (Lipinski definition) is 6. The van der Waals surface area contributed by atoms with E-state index in [9.17, 15) is 10.2 Å². The van der Waals surface area contributed by atoms with Crippen LogP contribution in [0, 0.1) is 0 Å². The van der Waals surface area contributed by atoms with E-state index in [2.05, 4.69) is 61.9 Å². The Labute approximate surface area is 232 Å². The van der Waals surface area contributed by atoms with E-state index >= 15 is 0 Å². The summed E-state index contributed by atoms with van der Waals surface area (Å²) in [7, 11) is 0. The van der Waals surface area contributed by atoms with Crippen LogP contribution < -0.4 is 0 Å². The average molecular weight is 533 g/mol. The molecule has 6 rings (SSSR count). The quantitative estimate of drug-likeness (QED) is 0.259. The minimum Gasteiger partial charge on any atom is -0.505 e. The maximum Gasteiger partial charge on any atom is 0.151 e. The molecule has 0 amide bonds. The Kier molecular flexibility index (Phi) is 5.69. The number of fused-ring (bicyclic) bond motifs is 2. The molecule has 0 aliphatic rings. The minimum absolute atomic E-state index is 0.0285. The molecule has 0 aliphatic heterocycles. The first-order valence-electron chi connectivity index (χ1n) is 13.3. The van der Waals surface area contributed by atoms with Crippen LogP contribution in [0.25, 0.3) is 44.6 Å². The first kappa shape index (κ1) is 25.6. The van der Waals surface area contributed by atoms with Gasteiger partial charge in [0.05, 0.1) is 0 Å². The summed E-state index contributed by atoms with van der Waals surface area (Å²) in [6, 6.07) is 22.8. The van der Waals surface area contributed by atoms with Crippen molar-refractivity contribution in [2.45, 2.75) is 52.4 Å². The van der Waals surface area contributed by atoms with Gasteiger partial charge >= 0.3 is 0 Å². The number of rotatable bonds is 3. The molecule has 40 heavy (non-hydrogen) atoms. The summed E-state index contributed by atoms with van der Waals surface area (Å²) < 4.78 is 0. The van der Waals surface area contributed by atoms with E-state index < -0.39 is 0 Å². The fraction of sp³-hybridized carbons (Fsp3) is 0.250. The van der Waals surface area contributed by atoms with Gasteiger partial charge in [-0.2, -0.15) is 0 Å². The maximum atomic E-state index is 11.8. The van der Waals surface area contributed by atoms with E-state index in [0.29, 0.717) is 22.5 Å². The van der Waals surface area contributed by atoms with E-state index in [-0.39, 0.29) is 22.3 Å². The number of aromatic nitrogens is 6. The zero-order valence-electron chi connectivity index (χ0n) is 23.5. The number of benzene rings is 4. The highest BCUT2D eigenvalue weighted by Crippen LogP contribution is 2.45. The van der Waals surface area contributed by atoms with Crippen LogP contribution in [-0.2, 0) is 10.8 Å². The third kappa shape index (κ3) is 4.35. The molecule has 0 aliphatic carbocycles. The molecular weight excluding hydrogens is 500 g/mol. The van der Waals surface area contributed by atoms with Crippen molar-refractivity contribution >= 4 is 22.1 Å². The van der Waals surface area contributed by atoms with Crippen molar-refractivity contribution in [2.75, 3.05) is 0 Å². The number of phenolic OH excluding ortho intramolecular Hbond substituents is 2. The SMILES string of the molecule is CC(C)(C)c1cc(-c2cc(C(C)(C)C)cc(-n3nc4ccccc4n3)c2O)c(O)c(-n2nc3ccccc3n2)c1. The topological polar surface area (TPSA) is 102 Å². The van der Waals surface area contributed by atoms with Gasteiger partial charge in [0, 0.05) is 11.1 Å². The Morgan fingerprint density at radius 3 is 1.07 bits per heavy atom. The van der Waals surface area contributed by atoms with E-state index in [1.165, 1.54) is 9.59 Å². The van der Waals surface area contributed by atoms with E-state index in [1.54, 1.807) is 0 Å². The Bertz CT molecular complexity index is 1700. The van der Waals surface area contributed by atoms with Crippen molar-refractivity contribution in [3.05, 3.63) is 83.9 Å². The standard InChI is InChI=1S/C32H32N6O2/c1-31(2,3)19-15-21(29(39)27(17-19)37-33-23-11-7-8-12-24(23)34-37)22-16-20(32(4,5)6)18-28(30(22)40)38-35-25-13-9-10-14-26(25)36-38/h7-18,39-40H,1-6H3. The number of nitrogens with zero attached hydrogens (tertiary/aromatic N) is 6. The third-order valence-electron chi connectivity index (χ3n) is 7.21. The largest absolute Gasteiger partial charge is 0.505 e. The van der Waals surface area contributed by atoms with E-state index in [4.69, 9.17) is 0 Å². The second kappa shape index (κ2) is 8.91. The van der Waals surface area contributed by atoms with Crippen LogP contribution in [0.1, 0.15) is 52.7 Å². The number of hydrogen-bond donors (Lipinski definition) is 2. The predicted octanol–water partition coefficient (Wildman–Crippen LogP) is 6.83. The maximum absolute atomic E-state index is 11.8. The van der Waals surface area contributed by atoms with Crippen molar-refractivity contribution in [2.24, 2.45) is 0 Å². The number of phenols is 2. The van der Waals surface area contributed by atoms with Gasteiger partial charge in [0.25, 0.3) is 0 Å². The highest BCUT2D eigenvalue weighted by molar-refractivity contribution is 5.84. The summed E-state index contributed by atoms with van der Waals surface area (Å²) in [5, 5.41) is 42.0. The summed E-state index contributed by atoms with van der Waals surface area (Å²) in [6.45, 7) is 12.6. The Balaban J connectivity index is 1.64. The fourth-order valence-corrected chi connectivity index (χ4v) is 4.75. The first-order chi connectivity index (χ1) is 18.9. The number of aromatic hydroxyl groups is 2. The molecule has 2 aromatic heterocycles. The minimum atomic E-state index is -0.259. The molecule has 0 saturated heterocycles. The second-order valence-corrected chi connectivity index (χ2v) is 12.2. The van der Waals surface area contributed by atoms with Crippen LogP contribution in [0.3, 0.4) is 0 Å². The highest BCUT2D eigenvalue weighted by atomic mass is 16.3. The fourth-order valence-electron chi connectivity index (χ4n) is 4.75. The summed E-state index contributed by atoms with van der Waals surface area (Å²) >= 11 is 0. The Morgan fingerprint density at radius 1 is 0.500 bits per heavy atom. The third-order valence-corrected chi connectivity index (χ3v) is 7.21. The zero-order valence-corrected chi connectivity index (χ0v) is 23.5. The molecule has 0 atom stereocenters. The smallest absolute Gasteiger partial charge is 0.151 e. The molecule has 0 saturated carbocycles. The van der Waals surface area contributed by atoms with Gasteiger partial charge in [0.1, 0.15) is 33.4 Å². The molecule has 0 fully saturated rings. The second-order valence-electron chi connectivity index (χ2n) is 12.2. The average Bonchev–Trinajstić information content (AvgIpc) is 3.52. The van der Waals surface area contributed by atoms with Gasteiger partial charge in [-0.25, -0.2) is 0 Å². The van der Waals surface area contributed by atoms with Crippen molar-refractivity contribution in [1.29, 1.82) is 0 Å². The van der Waals surface area contributed by atoms with Crippen LogP contribution in [0.4, 0.5) is 0 Å². The highest BCUT2D eigenvalue weighted by Gasteiger charge is 2.27. The summed E-state index contributed by atoms with van der Waals surface area (Å²) in [6.07, 6.45) is 0. The predicted molar refractivity (Wildman–Crippen MR) is 157 cm³/mol. The van der Waals surface area contributed by atoms with Gasteiger partial charge in [-0.3, -0.25) is 0 Å². The molecule has 4 aromatic carbocycles. The summed E-state index contributed by atoms with van der Waals surface area (Å²) in [5.41, 5.74) is 6.12. The lowest BCUT2D eigenvalue weighted by molar-refractivity contribution is 0.460. The summed E-state index contributed by atoms with van der Waals surface area (Å²) in [4.78, 5) is 2.93. The molecule has 0 spiro atoms. The van der Waals surface area contributed by atoms with Crippen LogP contribution in [0.5, 0.6) is 11.5 Å². The first-order valence-corrected chi connectivity index (χ1v) is 13.3. The van der Waals surface area contributed by atoms with Crippen molar-refractivity contribution < 1.29 is 10.2 Å². The zero-order chi connectivity index (χ0) is 28.4. The van der Waals surface area contributed by atoms with Crippen LogP contribution >= 0.6 is 0 Å². The molecule has 0 bridgehead atoms. The molecule has 0 unspecified atom stereocenters. The van der Waals surface area contributed by atoms with Gasteiger partial charge in [0.15, 0.2) is 11.5 Å². The van der Waals surface area contributed by atoms with Crippen molar-refractivity contribution in [3.63, 3.8) is 0 Å². The van der Waals surface area contributed by atoms with Gasteiger partial charge in [-0.1, -0.05) is 65.8 Å². The molecule has 8 heteroatoms. The molecular formula is C32H32N6O2. The lowest BCUT2D eigenvalue weighted by Gasteiger charge is -2.25. The monoisotopic (exact) mass is 532 g/mol. The van der Waals surface area contributed by atoms with Crippen LogP contribution in [0.2, 0.25) is 0 Å². The van der Waals surface area contributed by atoms with Gasteiger partial charge < -0.3 is 10.2 Å². The lowest BCUT2D eigenvalue weighted by atomic mass is 9.82. The molecule has 202 valence electrons. The van der Waals surface area contributed by atoms with Gasteiger partial charge in [-0.05, 0) is 70.5 Å². The van der Waals surface area contributed by atoms with Gasteiger partial charge in [-0.15, -0.1) is 30.0 Å². The summed E-state index contributed by atoms with van der Waals surface area (Å²) in [5.74, 6) is -0.0570. The lowest BCUT2D eigenvalue weighted by Crippen LogP contribution is -2.14.